The monoisotopic (exact) mass is 344 g/mol. The van der Waals surface area contributed by atoms with Gasteiger partial charge in [0.05, 0.1) is 10.6 Å². The van der Waals surface area contributed by atoms with Gasteiger partial charge in [-0.25, -0.2) is 8.42 Å². The van der Waals surface area contributed by atoms with Crippen molar-refractivity contribution < 1.29 is 13.2 Å². The van der Waals surface area contributed by atoms with Gasteiger partial charge in [0.1, 0.15) is 0 Å². The largest absolute Gasteiger partial charge is 0.369 e. The molecule has 1 amide bonds. The summed E-state index contributed by atoms with van der Waals surface area (Å²) >= 11 is 5.77. The molecule has 22 heavy (non-hydrogen) atoms. The molecular formula is C15H21ClN2O3S. The first-order valence-electron chi connectivity index (χ1n) is 7.38. The predicted octanol–water partition coefficient (Wildman–Crippen LogP) is 1.70. The number of benzene rings is 1. The zero-order valence-corrected chi connectivity index (χ0v) is 13.9. The van der Waals surface area contributed by atoms with Gasteiger partial charge in [0.2, 0.25) is 5.91 Å². The summed E-state index contributed by atoms with van der Waals surface area (Å²) in [7, 11) is -3.26. The number of rotatable bonds is 6. The molecule has 0 saturated carbocycles. The first kappa shape index (κ1) is 17.2. The van der Waals surface area contributed by atoms with Crippen LogP contribution in [-0.4, -0.2) is 44.6 Å². The fraction of sp³-hybridized carbons (Fsp3) is 0.533. The summed E-state index contributed by atoms with van der Waals surface area (Å²) in [6.45, 7) is 2.32. The molecule has 1 heterocycles. The highest BCUT2D eigenvalue weighted by molar-refractivity contribution is 7.91. The minimum absolute atomic E-state index is 0.0333. The maximum Gasteiger partial charge on any atom is 0.220 e. The Kier molecular flexibility index (Phi) is 5.83. The van der Waals surface area contributed by atoms with E-state index in [0.29, 0.717) is 16.3 Å². The van der Waals surface area contributed by atoms with Crippen LogP contribution in [-0.2, 0) is 14.6 Å². The lowest BCUT2D eigenvalue weighted by molar-refractivity contribution is -0.123. The van der Waals surface area contributed by atoms with Crippen LogP contribution in [0.3, 0.4) is 0 Å². The van der Waals surface area contributed by atoms with E-state index in [4.69, 9.17) is 17.3 Å². The number of amides is 1. The normalized spacial score (nSPS) is 17.5. The third-order valence-corrected chi connectivity index (χ3v) is 6.12. The molecule has 2 rings (SSSR count). The molecule has 0 bridgehead atoms. The summed E-state index contributed by atoms with van der Waals surface area (Å²) in [5, 5.41) is 0.524. The van der Waals surface area contributed by atoms with Gasteiger partial charge in [0.15, 0.2) is 9.84 Å². The number of hydrogen-bond donors (Lipinski definition) is 1. The molecular weight excluding hydrogens is 324 g/mol. The van der Waals surface area contributed by atoms with Crippen molar-refractivity contribution in [1.29, 1.82) is 0 Å². The van der Waals surface area contributed by atoms with Crippen LogP contribution in [0.1, 0.15) is 19.3 Å². The van der Waals surface area contributed by atoms with Crippen LogP contribution < -0.4 is 5.73 Å². The molecule has 0 unspecified atom stereocenters. The SMILES string of the molecule is NC(=O)C1CCN(CCCS(=O)(=O)c2ccc(Cl)cc2)CC1. The number of likely N-dealkylation sites (tertiary alicyclic amines) is 1. The topological polar surface area (TPSA) is 80.5 Å². The molecule has 5 nitrogen and oxygen atoms in total. The Morgan fingerprint density at radius 3 is 2.36 bits per heavy atom. The lowest BCUT2D eigenvalue weighted by Crippen LogP contribution is -2.39. The second kappa shape index (κ2) is 7.44. The Balaban J connectivity index is 1.79. The number of hydrogen-bond acceptors (Lipinski definition) is 4. The number of nitrogens with zero attached hydrogens (tertiary/aromatic N) is 1. The average molecular weight is 345 g/mol. The average Bonchev–Trinajstić information content (AvgIpc) is 2.48. The van der Waals surface area contributed by atoms with E-state index in [-0.39, 0.29) is 17.6 Å². The van der Waals surface area contributed by atoms with Crippen LogP contribution >= 0.6 is 11.6 Å². The summed E-state index contributed by atoms with van der Waals surface area (Å²) in [6, 6.07) is 6.25. The number of primary amides is 1. The highest BCUT2D eigenvalue weighted by Crippen LogP contribution is 2.18. The van der Waals surface area contributed by atoms with E-state index in [9.17, 15) is 13.2 Å². The van der Waals surface area contributed by atoms with Crippen molar-refractivity contribution >= 4 is 27.3 Å². The van der Waals surface area contributed by atoms with Crippen molar-refractivity contribution in [2.75, 3.05) is 25.4 Å². The third kappa shape index (κ3) is 4.69. The molecule has 0 aromatic heterocycles. The Morgan fingerprint density at radius 1 is 1.23 bits per heavy atom. The standard InChI is InChI=1S/C15H21ClN2O3S/c16-13-2-4-14(5-3-13)22(20,21)11-1-8-18-9-6-12(7-10-18)15(17)19/h2-5,12H,1,6-11H2,(H2,17,19). The second-order valence-corrected chi connectivity index (χ2v) is 8.19. The second-order valence-electron chi connectivity index (χ2n) is 5.64. The fourth-order valence-corrected chi connectivity index (χ4v) is 4.10. The molecule has 2 N–H and O–H groups in total. The molecule has 0 atom stereocenters. The van der Waals surface area contributed by atoms with Gasteiger partial charge in [-0.15, -0.1) is 0 Å². The summed E-state index contributed by atoms with van der Waals surface area (Å²) in [5.74, 6) is -0.149. The van der Waals surface area contributed by atoms with Crippen LogP contribution in [0, 0.1) is 5.92 Å². The summed E-state index contributed by atoms with van der Waals surface area (Å²) in [5.41, 5.74) is 5.30. The van der Waals surface area contributed by atoms with E-state index in [0.717, 1.165) is 32.5 Å². The molecule has 0 aliphatic carbocycles. The van der Waals surface area contributed by atoms with Crippen molar-refractivity contribution in [2.24, 2.45) is 11.7 Å². The molecule has 0 spiro atoms. The quantitative estimate of drug-likeness (QED) is 0.851. The number of sulfone groups is 1. The highest BCUT2D eigenvalue weighted by Gasteiger charge is 2.23. The van der Waals surface area contributed by atoms with Gasteiger partial charge in [-0.2, -0.15) is 0 Å². The lowest BCUT2D eigenvalue weighted by Gasteiger charge is -2.30. The zero-order valence-electron chi connectivity index (χ0n) is 12.4. The van der Waals surface area contributed by atoms with E-state index in [1.807, 2.05) is 0 Å². The lowest BCUT2D eigenvalue weighted by atomic mass is 9.96. The predicted molar refractivity (Wildman–Crippen MR) is 86.5 cm³/mol. The van der Waals surface area contributed by atoms with Crippen LogP contribution in [0.15, 0.2) is 29.2 Å². The maximum atomic E-state index is 12.2. The summed E-state index contributed by atoms with van der Waals surface area (Å²) < 4.78 is 24.4. The minimum Gasteiger partial charge on any atom is -0.369 e. The van der Waals surface area contributed by atoms with E-state index >= 15 is 0 Å². The first-order valence-corrected chi connectivity index (χ1v) is 9.41. The molecule has 1 fully saturated rings. The van der Waals surface area contributed by atoms with Crippen LogP contribution in [0.2, 0.25) is 5.02 Å². The van der Waals surface area contributed by atoms with Gasteiger partial charge in [0, 0.05) is 10.9 Å². The van der Waals surface area contributed by atoms with Crippen molar-refractivity contribution in [1.82, 2.24) is 4.90 Å². The smallest absolute Gasteiger partial charge is 0.220 e. The molecule has 122 valence electrons. The number of piperidine rings is 1. The van der Waals surface area contributed by atoms with Gasteiger partial charge >= 0.3 is 0 Å². The van der Waals surface area contributed by atoms with Crippen molar-refractivity contribution in [2.45, 2.75) is 24.2 Å². The number of carbonyl (C=O) groups is 1. The molecule has 7 heteroatoms. The van der Waals surface area contributed by atoms with E-state index in [2.05, 4.69) is 4.90 Å². The molecule has 1 aliphatic rings. The van der Waals surface area contributed by atoms with E-state index in [1.54, 1.807) is 12.1 Å². The molecule has 1 aromatic rings. The summed E-state index contributed by atoms with van der Waals surface area (Å²) in [6.07, 6.45) is 2.10. The van der Waals surface area contributed by atoms with Crippen LogP contribution in [0.25, 0.3) is 0 Å². The molecule has 1 aromatic carbocycles. The Bertz CT molecular complexity index is 608. The highest BCUT2D eigenvalue weighted by atomic mass is 35.5. The zero-order chi connectivity index (χ0) is 16.2. The Morgan fingerprint density at radius 2 is 1.82 bits per heavy atom. The molecule has 0 radical (unpaired) electrons. The fourth-order valence-electron chi connectivity index (χ4n) is 2.68. The van der Waals surface area contributed by atoms with Gasteiger partial charge in [-0.3, -0.25) is 4.79 Å². The van der Waals surface area contributed by atoms with Gasteiger partial charge in [-0.05, 0) is 63.2 Å². The Hall–Kier alpha value is -1.11. The van der Waals surface area contributed by atoms with E-state index < -0.39 is 9.84 Å². The van der Waals surface area contributed by atoms with Crippen LogP contribution in [0.5, 0.6) is 0 Å². The minimum atomic E-state index is -3.26. The molecule has 1 saturated heterocycles. The van der Waals surface area contributed by atoms with Crippen LogP contribution in [0.4, 0.5) is 0 Å². The maximum absolute atomic E-state index is 12.2. The van der Waals surface area contributed by atoms with Gasteiger partial charge in [-0.1, -0.05) is 11.6 Å². The van der Waals surface area contributed by atoms with Gasteiger partial charge < -0.3 is 10.6 Å². The van der Waals surface area contributed by atoms with E-state index in [1.165, 1.54) is 12.1 Å². The first-order chi connectivity index (χ1) is 10.4. The van der Waals surface area contributed by atoms with Gasteiger partial charge in [0.25, 0.3) is 0 Å². The third-order valence-electron chi connectivity index (χ3n) is 4.05. The molecule has 1 aliphatic heterocycles. The Labute approximate surface area is 136 Å². The van der Waals surface area contributed by atoms with Crippen molar-refractivity contribution in [3.63, 3.8) is 0 Å². The number of nitrogens with two attached hydrogens (primary N) is 1. The number of carbonyl (C=O) groups excluding carboxylic acids is 1. The number of halogens is 1. The van der Waals surface area contributed by atoms with Crippen molar-refractivity contribution in [3.8, 4) is 0 Å². The summed E-state index contributed by atoms with van der Waals surface area (Å²) in [4.78, 5) is 13.6. The van der Waals surface area contributed by atoms with Crippen molar-refractivity contribution in [3.05, 3.63) is 29.3 Å².